The van der Waals surface area contributed by atoms with Gasteiger partial charge < -0.3 is 9.64 Å². The molecule has 1 fully saturated rings. The molecule has 2 aliphatic heterocycles. The second kappa shape index (κ2) is 8.97. The maximum atomic E-state index is 13.2. The SMILES string of the molecule is CCOc1ccc(N2C(=O)NC(=O)/C(=C/c3ccc4c(c3)C(C)CC(C)(C)N4CC)C2=O)cc1. The highest BCUT2D eigenvalue weighted by Crippen LogP contribution is 2.43. The van der Waals surface area contributed by atoms with E-state index in [-0.39, 0.29) is 11.1 Å². The van der Waals surface area contributed by atoms with Crippen molar-refractivity contribution < 1.29 is 19.1 Å². The van der Waals surface area contributed by atoms with Crippen LogP contribution in [0.4, 0.5) is 16.2 Å². The molecular weight excluding hydrogens is 430 g/mol. The first-order valence-electron chi connectivity index (χ1n) is 11.7. The van der Waals surface area contributed by atoms with Crippen molar-refractivity contribution >= 4 is 35.3 Å². The summed E-state index contributed by atoms with van der Waals surface area (Å²) in [6.45, 7) is 12.1. The second-order valence-electron chi connectivity index (χ2n) is 9.36. The van der Waals surface area contributed by atoms with Crippen LogP contribution in [-0.2, 0) is 9.59 Å². The number of carbonyl (C=O) groups excluding carboxylic acids is 3. The Morgan fingerprint density at radius 2 is 1.79 bits per heavy atom. The summed E-state index contributed by atoms with van der Waals surface area (Å²) in [6.07, 6.45) is 2.57. The van der Waals surface area contributed by atoms with Crippen molar-refractivity contribution in [2.45, 2.75) is 52.5 Å². The number of nitrogens with one attached hydrogen (secondary N) is 1. The lowest BCUT2D eigenvalue weighted by Gasteiger charge is -2.47. The number of hydrogen-bond acceptors (Lipinski definition) is 5. The summed E-state index contributed by atoms with van der Waals surface area (Å²) in [5, 5.41) is 2.29. The van der Waals surface area contributed by atoms with Crippen LogP contribution in [0.15, 0.2) is 48.0 Å². The van der Waals surface area contributed by atoms with Gasteiger partial charge in [0.15, 0.2) is 0 Å². The first-order valence-corrected chi connectivity index (χ1v) is 11.7. The summed E-state index contributed by atoms with van der Waals surface area (Å²) in [6, 6.07) is 11.9. The van der Waals surface area contributed by atoms with Crippen molar-refractivity contribution in [2.75, 3.05) is 23.0 Å². The molecule has 0 radical (unpaired) electrons. The van der Waals surface area contributed by atoms with Crippen LogP contribution >= 0.6 is 0 Å². The number of hydrogen-bond donors (Lipinski definition) is 1. The second-order valence-corrected chi connectivity index (χ2v) is 9.36. The minimum absolute atomic E-state index is 0.0545. The Morgan fingerprint density at radius 3 is 2.44 bits per heavy atom. The van der Waals surface area contributed by atoms with Crippen LogP contribution in [0, 0.1) is 0 Å². The van der Waals surface area contributed by atoms with Gasteiger partial charge in [-0.2, -0.15) is 0 Å². The minimum atomic E-state index is -0.767. The zero-order chi connectivity index (χ0) is 24.6. The predicted molar refractivity (Wildman–Crippen MR) is 133 cm³/mol. The standard InChI is InChI=1S/C27H31N3O4/c1-6-29-23-13-8-18(14-21(23)17(3)16-27(29,4)5)15-22-24(31)28-26(33)30(25(22)32)19-9-11-20(12-10-19)34-7-2/h8-15,17H,6-7,16H2,1-5H3,(H,28,31,33)/b22-15-. The Balaban J connectivity index is 1.68. The molecule has 0 aliphatic carbocycles. The monoisotopic (exact) mass is 461 g/mol. The first-order chi connectivity index (χ1) is 16.2. The summed E-state index contributed by atoms with van der Waals surface area (Å²) in [7, 11) is 0. The van der Waals surface area contributed by atoms with Gasteiger partial charge in [-0.1, -0.05) is 13.0 Å². The van der Waals surface area contributed by atoms with Crippen LogP contribution in [0.5, 0.6) is 5.75 Å². The fraction of sp³-hybridized carbons (Fsp3) is 0.370. The molecule has 7 nitrogen and oxygen atoms in total. The molecule has 1 N–H and O–H groups in total. The van der Waals surface area contributed by atoms with E-state index in [2.05, 4.69) is 44.0 Å². The molecule has 1 saturated heterocycles. The maximum Gasteiger partial charge on any atom is 0.335 e. The number of carbonyl (C=O) groups is 3. The van der Waals surface area contributed by atoms with Gasteiger partial charge in [-0.3, -0.25) is 14.9 Å². The third kappa shape index (κ3) is 4.18. The van der Waals surface area contributed by atoms with Gasteiger partial charge in [-0.25, -0.2) is 9.69 Å². The van der Waals surface area contributed by atoms with Crippen molar-refractivity contribution in [2.24, 2.45) is 0 Å². The van der Waals surface area contributed by atoms with Crippen LogP contribution in [0.2, 0.25) is 0 Å². The summed E-state index contributed by atoms with van der Waals surface area (Å²) in [4.78, 5) is 41.7. The number of benzene rings is 2. The zero-order valence-electron chi connectivity index (χ0n) is 20.3. The number of anilines is 2. The molecule has 2 aromatic rings. The Labute approximate surface area is 200 Å². The Morgan fingerprint density at radius 1 is 1.09 bits per heavy atom. The van der Waals surface area contributed by atoms with Crippen molar-refractivity contribution in [3.63, 3.8) is 0 Å². The van der Waals surface area contributed by atoms with Crippen molar-refractivity contribution in [1.82, 2.24) is 5.32 Å². The molecule has 0 spiro atoms. The maximum absolute atomic E-state index is 13.2. The van der Waals surface area contributed by atoms with Gasteiger partial charge in [0, 0.05) is 17.8 Å². The third-order valence-electron chi connectivity index (χ3n) is 6.54. The fourth-order valence-electron chi connectivity index (χ4n) is 5.11. The molecule has 0 saturated carbocycles. The Bertz CT molecular complexity index is 1170. The lowest BCUT2D eigenvalue weighted by molar-refractivity contribution is -0.122. The van der Waals surface area contributed by atoms with Crippen LogP contribution in [0.25, 0.3) is 6.08 Å². The molecular formula is C27H31N3O4. The van der Waals surface area contributed by atoms with Crippen molar-refractivity contribution in [1.29, 1.82) is 0 Å². The highest BCUT2D eigenvalue weighted by atomic mass is 16.5. The van der Waals surface area contributed by atoms with E-state index < -0.39 is 17.8 Å². The van der Waals surface area contributed by atoms with Gasteiger partial charge in [0.1, 0.15) is 11.3 Å². The van der Waals surface area contributed by atoms with E-state index in [1.807, 2.05) is 19.1 Å². The molecule has 1 unspecified atom stereocenters. The predicted octanol–water partition coefficient (Wildman–Crippen LogP) is 4.86. The quantitative estimate of drug-likeness (QED) is 0.508. The number of rotatable bonds is 5. The molecule has 4 amide bonds. The van der Waals surface area contributed by atoms with E-state index >= 15 is 0 Å². The minimum Gasteiger partial charge on any atom is -0.494 e. The van der Waals surface area contributed by atoms with Crippen LogP contribution in [0.1, 0.15) is 58.1 Å². The van der Waals surface area contributed by atoms with Gasteiger partial charge in [-0.05, 0) is 93.6 Å². The average molecular weight is 462 g/mol. The molecule has 4 rings (SSSR count). The van der Waals surface area contributed by atoms with E-state index in [0.29, 0.717) is 24.0 Å². The zero-order valence-corrected chi connectivity index (χ0v) is 20.3. The van der Waals surface area contributed by atoms with Gasteiger partial charge >= 0.3 is 6.03 Å². The molecule has 2 aromatic carbocycles. The Hall–Kier alpha value is -3.61. The summed E-state index contributed by atoms with van der Waals surface area (Å²) >= 11 is 0. The lowest BCUT2D eigenvalue weighted by Crippen LogP contribution is -2.54. The number of barbiturate groups is 1. The highest BCUT2D eigenvalue weighted by Gasteiger charge is 2.38. The van der Waals surface area contributed by atoms with Crippen molar-refractivity contribution in [3.8, 4) is 5.75 Å². The molecule has 0 bridgehead atoms. The normalized spacial score (nSPS) is 20.9. The number of amides is 4. The average Bonchev–Trinajstić information content (AvgIpc) is 2.78. The van der Waals surface area contributed by atoms with E-state index in [9.17, 15) is 14.4 Å². The molecule has 1 atom stereocenters. The molecule has 0 aromatic heterocycles. The summed E-state index contributed by atoms with van der Waals surface area (Å²) < 4.78 is 5.43. The number of fused-ring (bicyclic) bond motifs is 1. The lowest BCUT2D eigenvalue weighted by atomic mass is 9.79. The van der Waals surface area contributed by atoms with Gasteiger partial charge in [0.05, 0.1) is 12.3 Å². The number of urea groups is 1. The smallest absolute Gasteiger partial charge is 0.335 e. The molecule has 34 heavy (non-hydrogen) atoms. The van der Waals surface area contributed by atoms with Crippen molar-refractivity contribution in [3.05, 3.63) is 59.2 Å². The van der Waals surface area contributed by atoms with E-state index in [1.165, 1.54) is 11.3 Å². The van der Waals surface area contributed by atoms with Crippen LogP contribution in [0.3, 0.4) is 0 Å². The van der Waals surface area contributed by atoms with Gasteiger partial charge in [0.25, 0.3) is 11.8 Å². The molecule has 7 heteroatoms. The van der Waals surface area contributed by atoms with E-state index in [4.69, 9.17) is 4.74 Å². The summed E-state index contributed by atoms with van der Waals surface area (Å²) in [5.41, 5.74) is 3.46. The first kappa shape index (κ1) is 23.5. The Kier molecular flexibility index (Phi) is 6.21. The van der Waals surface area contributed by atoms with Gasteiger partial charge in [-0.15, -0.1) is 0 Å². The van der Waals surface area contributed by atoms with E-state index in [0.717, 1.165) is 23.4 Å². The van der Waals surface area contributed by atoms with Crippen LogP contribution in [-0.4, -0.2) is 36.5 Å². The number of ether oxygens (including phenoxy) is 1. The largest absolute Gasteiger partial charge is 0.494 e. The molecule has 2 heterocycles. The van der Waals surface area contributed by atoms with E-state index in [1.54, 1.807) is 30.3 Å². The topological polar surface area (TPSA) is 79.0 Å². The molecule has 178 valence electrons. The molecule has 2 aliphatic rings. The number of nitrogens with zero attached hydrogens (tertiary/aromatic N) is 2. The summed E-state index contributed by atoms with van der Waals surface area (Å²) in [5.74, 6) is -0.376. The van der Waals surface area contributed by atoms with Crippen LogP contribution < -0.4 is 19.9 Å². The third-order valence-corrected chi connectivity index (χ3v) is 6.54. The van der Waals surface area contributed by atoms with Gasteiger partial charge in [0.2, 0.25) is 0 Å². The fourth-order valence-corrected chi connectivity index (χ4v) is 5.11. The highest BCUT2D eigenvalue weighted by molar-refractivity contribution is 6.39. The number of imide groups is 2.